The topological polar surface area (TPSA) is 26.3 Å². The predicted octanol–water partition coefficient (Wildman–Crippen LogP) is 5.52. The van der Waals surface area contributed by atoms with Crippen LogP contribution in [0.1, 0.15) is 15.9 Å². The Labute approximate surface area is 140 Å². The molecule has 0 atom stereocenters. The van der Waals surface area contributed by atoms with Gasteiger partial charge in [0.1, 0.15) is 5.75 Å². The highest BCUT2D eigenvalue weighted by atomic mass is 16.5. The van der Waals surface area contributed by atoms with Crippen LogP contribution in [0.25, 0.3) is 21.5 Å². The number of carbonyl (C=O) groups is 1. The Bertz CT molecular complexity index is 1060. The predicted molar refractivity (Wildman–Crippen MR) is 97.6 cm³/mol. The van der Waals surface area contributed by atoms with Crippen molar-refractivity contribution in [2.75, 3.05) is 0 Å². The molecule has 0 saturated heterocycles. The monoisotopic (exact) mass is 312 g/mol. The van der Waals surface area contributed by atoms with Crippen LogP contribution in [0.2, 0.25) is 0 Å². The zero-order valence-electron chi connectivity index (χ0n) is 13.3. The number of aryl methyl sites for hydroxylation is 1. The lowest BCUT2D eigenvalue weighted by Gasteiger charge is -2.09. The molecular formula is C22H16O2. The van der Waals surface area contributed by atoms with Gasteiger partial charge in [-0.05, 0) is 52.2 Å². The van der Waals surface area contributed by atoms with Crippen molar-refractivity contribution in [1.82, 2.24) is 0 Å². The number of hydrogen-bond donors (Lipinski definition) is 0. The first kappa shape index (κ1) is 14.5. The summed E-state index contributed by atoms with van der Waals surface area (Å²) in [5.74, 6) is 0.235. The number of esters is 1. The number of hydrogen-bond acceptors (Lipinski definition) is 2. The van der Waals surface area contributed by atoms with E-state index >= 15 is 0 Å². The van der Waals surface area contributed by atoms with Crippen LogP contribution in [0.15, 0.2) is 78.9 Å². The summed E-state index contributed by atoms with van der Waals surface area (Å²) in [4.78, 5) is 12.4. The van der Waals surface area contributed by atoms with E-state index in [0.717, 1.165) is 16.3 Å². The highest BCUT2D eigenvalue weighted by Gasteiger charge is 2.11. The van der Waals surface area contributed by atoms with Gasteiger partial charge in [-0.3, -0.25) is 0 Å². The fourth-order valence-corrected chi connectivity index (χ4v) is 3.02. The van der Waals surface area contributed by atoms with Crippen molar-refractivity contribution in [3.8, 4) is 5.75 Å². The first-order chi connectivity index (χ1) is 11.7. The van der Waals surface area contributed by atoms with Gasteiger partial charge in [0.25, 0.3) is 0 Å². The number of ether oxygens (including phenoxy) is 1. The van der Waals surface area contributed by atoms with E-state index in [1.807, 2.05) is 55.5 Å². The summed E-state index contributed by atoms with van der Waals surface area (Å²) in [6.45, 7) is 1.91. The normalized spacial score (nSPS) is 10.9. The summed E-state index contributed by atoms with van der Waals surface area (Å²) in [6, 6.07) is 25.6. The van der Waals surface area contributed by atoms with Crippen molar-refractivity contribution in [1.29, 1.82) is 0 Å². The lowest BCUT2D eigenvalue weighted by molar-refractivity contribution is 0.0734. The van der Waals surface area contributed by atoms with Crippen LogP contribution in [-0.4, -0.2) is 5.97 Å². The summed E-state index contributed by atoms with van der Waals surface area (Å²) in [7, 11) is 0. The molecule has 0 aliphatic carbocycles. The quantitative estimate of drug-likeness (QED) is 0.277. The first-order valence-electron chi connectivity index (χ1n) is 7.92. The molecule has 2 nitrogen and oxygen atoms in total. The van der Waals surface area contributed by atoms with Crippen LogP contribution in [0, 0.1) is 6.92 Å². The minimum atomic E-state index is -0.326. The van der Waals surface area contributed by atoms with E-state index < -0.39 is 0 Å². The Morgan fingerprint density at radius 3 is 2.33 bits per heavy atom. The smallest absolute Gasteiger partial charge is 0.343 e. The van der Waals surface area contributed by atoms with Gasteiger partial charge in [-0.15, -0.1) is 0 Å². The van der Waals surface area contributed by atoms with Crippen LogP contribution >= 0.6 is 0 Å². The first-order valence-corrected chi connectivity index (χ1v) is 7.92. The number of benzene rings is 4. The third-order valence-corrected chi connectivity index (χ3v) is 4.29. The van der Waals surface area contributed by atoms with Crippen LogP contribution < -0.4 is 4.74 Å². The van der Waals surface area contributed by atoms with E-state index in [2.05, 4.69) is 24.3 Å². The largest absolute Gasteiger partial charge is 0.423 e. The second-order valence-corrected chi connectivity index (χ2v) is 5.87. The molecule has 0 saturated carbocycles. The maximum absolute atomic E-state index is 12.4. The van der Waals surface area contributed by atoms with Crippen molar-refractivity contribution in [3.05, 3.63) is 90.0 Å². The average molecular weight is 312 g/mol. The van der Waals surface area contributed by atoms with Gasteiger partial charge in [-0.25, -0.2) is 4.79 Å². The minimum absolute atomic E-state index is 0.326. The van der Waals surface area contributed by atoms with Gasteiger partial charge in [0.15, 0.2) is 0 Å². The van der Waals surface area contributed by atoms with Crippen LogP contribution in [-0.2, 0) is 0 Å². The second-order valence-electron chi connectivity index (χ2n) is 5.87. The zero-order chi connectivity index (χ0) is 16.5. The van der Waals surface area contributed by atoms with Crippen molar-refractivity contribution < 1.29 is 9.53 Å². The van der Waals surface area contributed by atoms with E-state index in [4.69, 9.17) is 4.74 Å². The maximum atomic E-state index is 12.4. The number of fused-ring (bicyclic) bond motifs is 3. The highest BCUT2D eigenvalue weighted by Crippen LogP contribution is 2.28. The van der Waals surface area contributed by atoms with Gasteiger partial charge in [-0.2, -0.15) is 0 Å². The summed E-state index contributed by atoms with van der Waals surface area (Å²) in [6.07, 6.45) is 0. The van der Waals surface area contributed by atoms with Crippen LogP contribution in [0.4, 0.5) is 0 Å². The fourth-order valence-electron chi connectivity index (χ4n) is 3.02. The number of rotatable bonds is 2. The highest BCUT2D eigenvalue weighted by molar-refractivity contribution is 6.07. The molecule has 0 amide bonds. The van der Waals surface area contributed by atoms with Gasteiger partial charge < -0.3 is 4.74 Å². The van der Waals surface area contributed by atoms with Crippen molar-refractivity contribution in [3.63, 3.8) is 0 Å². The van der Waals surface area contributed by atoms with E-state index in [0.29, 0.717) is 11.3 Å². The molecular weight excluding hydrogens is 296 g/mol. The molecule has 116 valence electrons. The van der Waals surface area contributed by atoms with Crippen molar-refractivity contribution in [2.45, 2.75) is 6.92 Å². The Morgan fingerprint density at radius 2 is 1.46 bits per heavy atom. The lowest BCUT2D eigenvalue weighted by Crippen LogP contribution is -2.09. The third kappa shape index (κ3) is 2.52. The Morgan fingerprint density at radius 1 is 0.750 bits per heavy atom. The molecule has 4 aromatic rings. The standard InChI is InChI=1S/C22H16O2/c1-15-6-2-4-8-19(15)22(23)24-18-12-13-21-17(14-18)11-10-16-7-3-5-9-20(16)21/h2-14H,1H3. The van der Waals surface area contributed by atoms with Crippen LogP contribution in [0.3, 0.4) is 0 Å². The average Bonchev–Trinajstić information content (AvgIpc) is 2.61. The zero-order valence-corrected chi connectivity index (χ0v) is 13.3. The van der Waals surface area contributed by atoms with E-state index in [-0.39, 0.29) is 5.97 Å². The molecule has 0 bridgehead atoms. The molecule has 0 heterocycles. The summed E-state index contributed by atoms with van der Waals surface area (Å²) in [5.41, 5.74) is 1.50. The molecule has 4 rings (SSSR count). The van der Waals surface area contributed by atoms with Gasteiger partial charge in [-0.1, -0.05) is 60.7 Å². The third-order valence-electron chi connectivity index (χ3n) is 4.29. The molecule has 2 heteroatoms. The molecule has 0 radical (unpaired) electrons. The molecule has 24 heavy (non-hydrogen) atoms. The Kier molecular flexibility index (Phi) is 3.51. The van der Waals surface area contributed by atoms with Crippen molar-refractivity contribution >= 4 is 27.5 Å². The molecule has 0 aromatic heterocycles. The van der Waals surface area contributed by atoms with Gasteiger partial charge in [0.2, 0.25) is 0 Å². The SMILES string of the molecule is Cc1ccccc1C(=O)Oc1ccc2c(ccc3ccccc32)c1. The maximum Gasteiger partial charge on any atom is 0.343 e. The van der Waals surface area contributed by atoms with E-state index in [1.54, 1.807) is 6.07 Å². The molecule has 0 aliphatic rings. The van der Waals surface area contributed by atoms with E-state index in [9.17, 15) is 4.79 Å². The fraction of sp³-hybridized carbons (Fsp3) is 0.0455. The summed E-state index contributed by atoms with van der Waals surface area (Å²) in [5, 5.41) is 4.62. The van der Waals surface area contributed by atoms with Gasteiger partial charge in [0, 0.05) is 0 Å². The summed E-state index contributed by atoms with van der Waals surface area (Å²) < 4.78 is 5.56. The van der Waals surface area contributed by atoms with Crippen molar-refractivity contribution in [2.24, 2.45) is 0 Å². The van der Waals surface area contributed by atoms with Gasteiger partial charge >= 0.3 is 5.97 Å². The summed E-state index contributed by atoms with van der Waals surface area (Å²) >= 11 is 0. The molecule has 0 unspecified atom stereocenters. The molecule has 0 fully saturated rings. The number of carbonyl (C=O) groups excluding carboxylic acids is 1. The second kappa shape index (κ2) is 5.82. The van der Waals surface area contributed by atoms with Gasteiger partial charge in [0.05, 0.1) is 5.56 Å². The molecule has 0 N–H and O–H groups in total. The Balaban J connectivity index is 1.72. The molecule has 4 aromatic carbocycles. The van der Waals surface area contributed by atoms with Crippen LogP contribution in [0.5, 0.6) is 5.75 Å². The molecule has 0 spiro atoms. The lowest BCUT2D eigenvalue weighted by atomic mass is 10.0. The Hall–Kier alpha value is -3.13. The minimum Gasteiger partial charge on any atom is -0.423 e. The van der Waals surface area contributed by atoms with E-state index in [1.165, 1.54) is 10.8 Å². The molecule has 0 aliphatic heterocycles.